The van der Waals surface area contributed by atoms with Crippen LogP contribution in [0.2, 0.25) is 5.15 Å². The van der Waals surface area contributed by atoms with Crippen molar-refractivity contribution in [3.8, 4) is 0 Å². The van der Waals surface area contributed by atoms with E-state index in [9.17, 15) is 13.9 Å². The van der Waals surface area contributed by atoms with Crippen LogP contribution >= 0.6 is 23.4 Å². The number of ether oxygens (including phenoxy) is 2. The maximum absolute atomic E-state index is 14.7. The molecule has 1 aliphatic heterocycles. The third-order valence-corrected chi connectivity index (χ3v) is 7.33. The van der Waals surface area contributed by atoms with Gasteiger partial charge in [0.2, 0.25) is 0 Å². The molecule has 0 saturated carbocycles. The van der Waals surface area contributed by atoms with E-state index in [1.54, 1.807) is 25.3 Å². The Labute approximate surface area is 216 Å². The van der Waals surface area contributed by atoms with E-state index in [1.807, 2.05) is 24.3 Å². The Balaban J connectivity index is 1.36. The van der Waals surface area contributed by atoms with E-state index in [0.717, 1.165) is 17.7 Å². The van der Waals surface area contributed by atoms with Gasteiger partial charge in [-0.15, -0.1) is 11.8 Å². The van der Waals surface area contributed by atoms with E-state index in [2.05, 4.69) is 15.1 Å². The van der Waals surface area contributed by atoms with E-state index in [-0.39, 0.29) is 17.4 Å². The van der Waals surface area contributed by atoms with Crippen molar-refractivity contribution in [2.24, 2.45) is 0 Å². The van der Waals surface area contributed by atoms with Gasteiger partial charge < -0.3 is 14.6 Å². The topological polar surface area (TPSA) is 82.3 Å². The normalized spacial score (nSPS) is 21.1. The molecule has 0 spiro atoms. The Morgan fingerprint density at radius 2 is 2.06 bits per heavy atom. The molecule has 11 heteroatoms. The number of aliphatic hydroxyl groups is 1. The van der Waals surface area contributed by atoms with Crippen LogP contribution in [0.4, 0.5) is 8.78 Å². The van der Waals surface area contributed by atoms with Gasteiger partial charge in [-0.1, -0.05) is 48.9 Å². The summed E-state index contributed by atoms with van der Waals surface area (Å²) in [4.78, 5) is 7.91. The Morgan fingerprint density at radius 3 is 2.72 bits per heavy atom. The van der Waals surface area contributed by atoms with Crippen LogP contribution in [-0.4, -0.2) is 54.9 Å². The molecule has 0 bridgehead atoms. The average molecular weight is 535 g/mol. The van der Waals surface area contributed by atoms with Crippen molar-refractivity contribution in [1.82, 2.24) is 19.7 Å². The van der Waals surface area contributed by atoms with Gasteiger partial charge in [0.15, 0.2) is 6.29 Å². The molecule has 7 nitrogen and oxygen atoms in total. The minimum atomic E-state index is -1.69. The number of hydrogen-bond acceptors (Lipinski definition) is 7. The van der Waals surface area contributed by atoms with Crippen LogP contribution in [0.1, 0.15) is 18.1 Å². The largest absolute Gasteiger partial charge is 0.382 e. The fraction of sp³-hybridized carbons (Fsp3) is 0.320. The number of benzene rings is 1. The van der Waals surface area contributed by atoms with Gasteiger partial charge >= 0.3 is 0 Å². The molecule has 0 unspecified atom stereocenters. The molecule has 0 amide bonds. The summed E-state index contributed by atoms with van der Waals surface area (Å²) < 4.78 is 41.3. The number of thioether (sulfide) groups is 1. The first-order chi connectivity index (χ1) is 17.3. The fourth-order valence-electron chi connectivity index (χ4n) is 3.73. The van der Waals surface area contributed by atoms with Crippen LogP contribution in [0.3, 0.4) is 0 Å². The van der Waals surface area contributed by atoms with Crippen LogP contribution < -0.4 is 0 Å². The SMILES string of the molecule is C[C@@H](S[C@H]1CO[C@H](C=CC=Cc2ccc(Cl)nc2)OC1)[C@](O)(Cn1cncn1)c1ccc(F)cc1F. The zero-order chi connectivity index (χ0) is 25.5. The Hall–Kier alpha value is -2.63. The maximum Gasteiger partial charge on any atom is 0.177 e. The van der Waals surface area contributed by atoms with E-state index in [0.29, 0.717) is 18.4 Å². The summed E-state index contributed by atoms with van der Waals surface area (Å²) in [6.45, 7) is 2.48. The summed E-state index contributed by atoms with van der Waals surface area (Å²) in [5.41, 5.74) is -0.787. The Bertz CT molecular complexity index is 1190. The van der Waals surface area contributed by atoms with Crippen molar-refractivity contribution in [3.63, 3.8) is 0 Å². The lowest BCUT2D eigenvalue weighted by atomic mass is 9.90. The third-order valence-electron chi connectivity index (χ3n) is 5.65. The first kappa shape index (κ1) is 26.4. The summed E-state index contributed by atoms with van der Waals surface area (Å²) in [5, 5.41) is 15.5. The van der Waals surface area contributed by atoms with Gasteiger partial charge in [-0.3, -0.25) is 0 Å². The summed E-state index contributed by atoms with van der Waals surface area (Å²) in [7, 11) is 0. The molecule has 1 fully saturated rings. The number of nitrogens with zero attached hydrogens (tertiary/aromatic N) is 4. The number of aromatic nitrogens is 4. The predicted molar refractivity (Wildman–Crippen MR) is 134 cm³/mol. The first-order valence-corrected chi connectivity index (χ1v) is 12.5. The van der Waals surface area contributed by atoms with Gasteiger partial charge in [0.1, 0.15) is 35.0 Å². The summed E-state index contributed by atoms with van der Waals surface area (Å²) in [6.07, 6.45) is 11.3. The average Bonchev–Trinajstić information content (AvgIpc) is 3.36. The summed E-state index contributed by atoms with van der Waals surface area (Å²) >= 11 is 7.19. The van der Waals surface area contributed by atoms with E-state index in [1.165, 1.54) is 35.2 Å². The smallest absolute Gasteiger partial charge is 0.177 e. The van der Waals surface area contributed by atoms with Crippen molar-refractivity contribution in [1.29, 1.82) is 0 Å². The van der Waals surface area contributed by atoms with Crippen LogP contribution in [0, 0.1) is 11.6 Å². The second-order valence-corrected chi connectivity index (χ2v) is 10.3. The van der Waals surface area contributed by atoms with E-state index < -0.39 is 28.8 Å². The van der Waals surface area contributed by atoms with Crippen molar-refractivity contribution in [2.45, 2.75) is 35.9 Å². The molecular formula is C25H25ClF2N4O3S. The molecule has 3 aromatic rings. The second kappa shape index (κ2) is 12.1. The van der Waals surface area contributed by atoms with Crippen LogP contribution in [0.15, 0.2) is 67.4 Å². The number of rotatable bonds is 9. The molecule has 3 heterocycles. The van der Waals surface area contributed by atoms with Gasteiger partial charge in [0, 0.05) is 23.1 Å². The van der Waals surface area contributed by atoms with Gasteiger partial charge in [0.05, 0.1) is 25.0 Å². The van der Waals surface area contributed by atoms with Crippen molar-refractivity contribution < 1.29 is 23.4 Å². The molecule has 1 saturated heterocycles. The molecule has 1 aliphatic rings. The van der Waals surface area contributed by atoms with Crippen LogP contribution in [-0.2, 0) is 21.6 Å². The molecular weight excluding hydrogens is 510 g/mol. The predicted octanol–water partition coefficient (Wildman–Crippen LogP) is 4.63. The highest BCUT2D eigenvalue weighted by Crippen LogP contribution is 2.38. The highest BCUT2D eigenvalue weighted by Gasteiger charge is 2.41. The van der Waals surface area contributed by atoms with Gasteiger partial charge in [-0.05, 0) is 23.8 Å². The lowest BCUT2D eigenvalue weighted by molar-refractivity contribution is -0.146. The summed E-state index contributed by atoms with van der Waals surface area (Å²) in [5.74, 6) is -1.54. The van der Waals surface area contributed by atoms with Gasteiger partial charge in [-0.2, -0.15) is 5.10 Å². The van der Waals surface area contributed by atoms with Crippen molar-refractivity contribution in [3.05, 3.63) is 95.3 Å². The number of halogens is 3. The van der Waals surface area contributed by atoms with E-state index in [4.69, 9.17) is 21.1 Å². The summed E-state index contributed by atoms with van der Waals surface area (Å²) in [6, 6.07) is 6.73. The molecule has 36 heavy (non-hydrogen) atoms. The second-order valence-electron chi connectivity index (χ2n) is 8.24. The monoisotopic (exact) mass is 534 g/mol. The lowest BCUT2D eigenvalue weighted by Crippen LogP contribution is -2.43. The third kappa shape index (κ3) is 6.77. The Morgan fingerprint density at radius 1 is 1.25 bits per heavy atom. The lowest BCUT2D eigenvalue weighted by Gasteiger charge is -2.37. The molecule has 2 atom stereocenters. The number of pyridine rings is 1. The number of hydrogen-bond donors (Lipinski definition) is 1. The molecule has 4 rings (SSSR count). The molecule has 190 valence electrons. The molecule has 1 N–H and O–H groups in total. The van der Waals surface area contributed by atoms with Crippen LogP contribution in [0.5, 0.6) is 0 Å². The standard InChI is InChI=1S/C25H25ClF2N4O3S/c1-17(25(33,14-32-16-29-15-31-32)21-8-7-19(27)10-22(21)28)36-20-12-34-24(35-13-20)5-3-2-4-18-6-9-23(26)30-11-18/h2-11,15-17,20,24,33H,12-14H2,1H3/t17-,20-,24-,25-/m1/s1. The molecule has 1 aromatic carbocycles. The Kier molecular flexibility index (Phi) is 8.86. The molecule has 0 radical (unpaired) electrons. The number of allylic oxidation sites excluding steroid dienone is 2. The van der Waals surface area contributed by atoms with E-state index >= 15 is 0 Å². The highest BCUT2D eigenvalue weighted by atomic mass is 35.5. The minimum Gasteiger partial charge on any atom is -0.382 e. The van der Waals surface area contributed by atoms with Gasteiger partial charge in [-0.25, -0.2) is 23.4 Å². The minimum absolute atomic E-state index is 0.0134. The zero-order valence-corrected chi connectivity index (χ0v) is 20.9. The quantitative estimate of drug-likeness (QED) is 0.317. The van der Waals surface area contributed by atoms with Crippen molar-refractivity contribution in [2.75, 3.05) is 13.2 Å². The van der Waals surface area contributed by atoms with Crippen LogP contribution in [0.25, 0.3) is 6.08 Å². The molecule has 0 aliphatic carbocycles. The maximum atomic E-state index is 14.7. The highest BCUT2D eigenvalue weighted by molar-refractivity contribution is 8.00. The fourth-order valence-corrected chi connectivity index (χ4v) is 5.16. The first-order valence-electron chi connectivity index (χ1n) is 11.2. The zero-order valence-electron chi connectivity index (χ0n) is 19.4. The van der Waals surface area contributed by atoms with Crippen molar-refractivity contribution >= 4 is 29.4 Å². The van der Waals surface area contributed by atoms with Gasteiger partial charge in [0.25, 0.3) is 0 Å². The molecule has 2 aromatic heterocycles.